The van der Waals surface area contributed by atoms with Gasteiger partial charge in [-0.25, -0.2) is 0 Å². The van der Waals surface area contributed by atoms with Crippen LogP contribution in [0.2, 0.25) is 0 Å². The minimum Gasteiger partial charge on any atom is -0.491 e. The summed E-state index contributed by atoms with van der Waals surface area (Å²) < 4.78 is 16.6. The molecule has 0 radical (unpaired) electrons. The SMILES string of the molecule is CCOCC(=O)N1CCC(C(=O)Nc2ccc(OCC3CCCCO3)cc2)CC1. The van der Waals surface area contributed by atoms with Crippen LogP contribution in [-0.4, -0.2) is 62.3 Å². The summed E-state index contributed by atoms with van der Waals surface area (Å²) in [6.07, 6.45) is 4.89. The molecule has 1 N–H and O–H groups in total. The van der Waals surface area contributed by atoms with Gasteiger partial charge in [0, 0.05) is 37.9 Å². The number of hydrogen-bond donors (Lipinski definition) is 1. The van der Waals surface area contributed by atoms with E-state index in [1.807, 2.05) is 31.2 Å². The third-order valence-corrected chi connectivity index (χ3v) is 5.48. The van der Waals surface area contributed by atoms with E-state index < -0.39 is 0 Å². The average Bonchev–Trinajstić information content (AvgIpc) is 2.77. The molecule has 160 valence electrons. The second-order valence-corrected chi connectivity index (χ2v) is 7.61. The minimum atomic E-state index is -0.0782. The lowest BCUT2D eigenvalue weighted by atomic mass is 9.95. The van der Waals surface area contributed by atoms with Crippen LogP contribution >= 0.6 is 0 Å². The van der Waals surface area contributed by atoms with Crippen LogP contribution in [0.4, 0.5) is 5.69 Å². The van der Waals surface area contributed by atoms with E-state index in [-0.39, 0.29) is 30.4 Å². The van der Waals surface area contributed by atoms with E-state index in [1.165, 1.54) is 6.42 Å². The van der Waals surface area contributed by atoms with Crippen molar-refractivity contribution < 1.29 is 23.8 Å². The van der Waals surface area contributed by atoms with Crippen molar-refractivity contribution in [3.05, 3.63) is 24.3 Å². The molecule has 1 aromatic carbocycles. The molecule has 29 heavy (non-hydrogen) atoms. The summed E-state index contributed by atoms with van der Waals surface area (Å²) >= 11 is 0. The molecular weight excluding hydrogens is 372 g/mol. The Hall–Kier alpha value is -2.12. The molecule has 0 aromatic heterocycles. The third kappa shape index (κ3) is 6.72. The van der Waals surface area contributed by atoms with Crippen molar-refractivity contribution in [1.82, 2.24) is 4.90 Å². The number of rotatable bonds is 8. The van der Waals surface area contributed by atoms with Crippen molar-refractivity contribution in [2.75, 3.05) is 44.8 Å². The van der Waals surface area contributed by atoms with Crippen molar-refractivity contribution in [2.24, 2.45) is 5.92 Å². The quantitative estimate of drug-likeness (QED) is 0.721. The molecule has 3 rings (SSSR count). The van der Waals surface area contributed by atoms with Crippen molar-refractivity contribution in [2.45, 2.75) is 45.1 Å². The number of anilines is 1. The van der Waals surface area contributed by atoms with E-state index >= 15 is 0 Å². The Labute approximate surface area is 172 Å². The summed E-state index contributed by atoms with van der Waals surface area (Å²) in [5, 5.41) is 2.98. The molecule has 1 atom stereocenters. The molecule has 1 unspecified atom stereocenters. The molecule has 1 aromatic rings. The summed E-state index contributed by atoms with van der Waals surface area (Å²) in [6.45, 7) is 5.09. The predicted molar refractivity (Wildman–Crippen MR) is 110 cm³/mol. The van der Waals surface area contributed by atoms with Gasteiger partial charge in [-0.05, 0) is 63.3 Å². The second-order valence-electron chi connectivity index (χ2n) is 7.61. The Morgan fingerprint density at radius 1 is 1.14 bits per heavy atom. The normalized spacial score (nSPS) is 20.3. The highest BCUT2D eigenvalue weighted by Crippen LogP contribution is 2.22. The number of piperidine rings is 1. The van der Waals surface area contributed by atoms with Crippen LogP contribution in [0.25, 0.3) is 0 Å². The summed E-state index contributed by atoms with van der Waals surface area (Å²) in [4.78, 5) is 26.3. The first-order valence-electron chi connectivity index (χ1n) is 10.7. The molecule has 2 aliphatic heterocycles. The van der Waals surface area contributed by atoms with Gasteiger partial charge in [-0.2, -0.15) is 0 Å². The van der Waals surface area contributed by atoms with E-state index in [0.29, 0.717) is 39.1 Å². The fourth-order valence-electron chi connectivity index (χ4n) is 3.68. The highest BCUT2D eigenvalue weighted by atomic mass is 16.5. The zero-order chi connectivity index (χ0) is 20.5. The van der Waals surface area contributed by atoms with Gasteiger partial charge in [-0.15, -0.1) is 0 Å². The number of amides is 2. The van der Waals surface area contributed by atoms with Gasteiger partial charge in [-0.3, -0.25) is 9.59 Å². The Morgan fingerprint density at radius 2 is 1.90 bits per heavy atom. The van der Waals surface area contributed by atoms with Crippen LogP contribution in [0.1, 0.15) is 39.0 Å². The van der Waals surface area contributed by atoms with Crippen molar-refractivity contribution >= 4 is 17.5 Å². The van der Waals surface area contributed by atoms with Crippen LogP contribution in [0, 0.1) is 5.92 Å². The van der Waals surface area contributed by atoms with Gasteiger partial charge in [0.2, 0.25) is 11.8 Å². The van der Waals surface area contributed by atoms with Gasteiger partial charge in [-0.1, -0.05) is 0 Å². The summed E-state index contributed by atoms with van der Waals surface area (Å²) in [6, 6.07) is 7.45. The van der Waals surface area contributed by atoms with Gasteiger partial charge in [0.15, 0.2) is 0 Å². The van der Waals surface area contributed by atoms with Gasteiger partial charge >= 0.3 is 0 Å². The van der Waals surface area contributed by atoms with Gasteiger partial charge in [0.1, 0.15) is 19.0 Å². The summed E-state index contributed by atoms with van der Waals surface area (Å²) in [5.74, 6) is 0.704. The Bertz CT molecular complexity index is 650. The fraction of sp³-hybridized carbons (Fsp3) is 0.636. The van der Waals surface area contributed by atoms with Crippen molar-refractivity contribution in [3.63, 3.8) is 0 Å². The summed E-state index contributed by atoms with van der Waals surface area (Å²) in [5.41, 5.74) is 0.756. The van der Waals surface area contributed by atoms with Gasteiger partial charge in [0.05, 0.1) is 6.10 Å². The van der Waals surface area contributed by atoms with Crippen LogP contribution < -0.4 is 10.1 Å². The van der Waals surface area contributed by atoms with Crippen molar-refractivity contribution in [1.29, 1.82) is 0 Å². The van der Waals surface area contributed by atoms with Crippen LogP contribution in [-0.2, 0) is 19.1 Å². The predicted octanol–water partition coefficient (Wildman–Crippen LogP) is 2.85. The smallest absolute Gasteiger partial charge is 0.248 e. The third-order valence-electron chi connectivity index (χ3n) is 5.48. The van der Waals surface area contributed by atoms with E-state index in [0.717, 1.165) is 30.9 Å². The Morgan fingerprint density at radius 3 is 2.55 bits per heavy atom. The highest BCUT2D eigenvalue weighted by molar-refractivity contribution is 5.92. The number of carbonyl (C=O) groups excluding carboxylic acids is 2. The first-order valence-corrected chi connectivity index (χ1v) is 10.7. The molecule has 2 heterocycles. The standard InChI is InChI=1S/C22H32N2O5/c1-2-27-16-21(25)24-12-10-17(11-13-24)22(26)23-18-6-8-19(9-7-18)29-15-20-5-3-4-14-28-20/h6-9,17,20H,2-5,10-16H2,1H3,(H,23,26). The number of carbonyl (C=O) groups is 2. The Kier molecular flexibility index (Phi) is 8.31. The van der Waals surface area contributed by atoms with Crippen molar-refractivity contribution in [3.8, 4) is 5.75 Å². The van der Waals surface area contributed by atoms with Crippen LogP contribution in [0.5, 0.6) is 5.75 Å². The molecule has 0 bridgehead atoms. The van der Waals surface area contributed by atoms with Gasteiger partial charge in [0.25, 0.3) is 0 Å². The number of nitrogens with one attached hydrogen (secondary N) is 1. The molecule has 0 aliphatic carbocycles. The molecular formula is C22H32N2O5. The minimum absolute atomic E-state index is 0.0000707. The maximum absolute atomic E-state index is 12.5. The van der Waals surface area contributed by atoms with E-state index in [4.69, 9.17) is 14.2 Å². The first-order chi connectivity index (χ1) is 14.2. The lowest BCUT2D eigenvalue weighted by molar-refractivity contribution is -0.138. The molecule has 0 spiro atoms. The zero-order valence-corrected chi connectivity index (χ0v) is 17.2. The van der Waals surface area contributed by atoms with E-state index in [2.05, 4.69) is 5.32 Å². The van der Waals surface area contributed by atoms with E-state index in [1.54, 1.807) is 4.90 Å². The van der Waals surface area contributed by atoms with Crippen LogP contribution in [0.3, 0.4) is 0 Å². The molecule has 7 heteroatoms. The number of hydrogen-bond acceptors (Lipinski definition) is 5. The Balaban J connectivity index is 1.39. The first kappa shape index (κ1) is 21.6. The number of ether oxygens (including phenoxy) is 3. The molecule has 2 aliphatic rings. The topological polar surface area (TPSA) is 77.1 Å². The summed E-state index contributed by atoms with van der Waals surface area (Å²) in [7, 11) is 0. The van der Waals surface area contributed by atoms with E-state index in [9.17, 15) is 9.59 Å². The highest BCUT2D eigenvalue weighted by Gasteiger charge is 2.27. The lowest BCUT2D eigenvalue weighted by Gasteiger charge is -2.31. The molecule has 7 nitrogen and oxygen atoms in total. The second kappa shape index (κ2) is 11.2. The fourth-order valence-corrected chi connectivity index (χ4v) is 3.68. The average molecular weight is 405 g/mol. The largest absolute Gasteiger partial charge is 0.491 e. The molecule has 2 amide bonds. The maximum Gasteiger partial charge on any atom is 0.248 e. The molecule has 2 fully saturated rings. The van der Waals surface area contributed by atoms with Crippen LogP contribution in [0.15, 0.2) is 24.3 Å². The number of nitrogens with zero attached hydrogens (tertiary/aromatic N) is 1. The molecule has 0 saturated carbocycles. The zero-order valence-electron chi connectivity index (χ0n) is 17.2. The monoisotopic (exact) mass is 404 g/mol. The lowest BCUT2D eigenvalue weighted by Crippen LogP contribution is -2.42. The maximum atomic E-state index is 12.5. The number of likely N-dealkylation sites (tertiary alicyclic amines) is 1. The number of benzene rings is 1. The van der Waals surface area contributed by atoms with Gasteiger partial charge < -0.3 is 24.4 Å². The molecule has 2 saturated heterocycles.